The van der Waals surface area contributed by atoms with Gasteiger partial charge in [0, 0.05) is 19.3 Å². The lowest BCUT2D eigenvalue weighted by Gasteiger charge is -2.28. The molecule has 1 aliphatic rings. The average Bonchev–Trinajstić information content (AvgIpc) is 2.42. The summed E-state index contributed by atoms with van der Waals surface area (Å²) >= 11 is 5.97. The fraction of sp³-hybridized carbons (Fsp3) is 0.538. The van der Waals surface area contributed by atoms with Gasteiger partial charge in [0.05, 0.1) is 12.1 Å². The number of nitrogens with two attached hydrogens (primary N) is 1. The van der Waals surface area contributed by atoms with Crippen molar-refractivity contribution in [1.29, 1.82) is 0 Å². The Morgan fingerprint density at radius 1 is 1.42 bits per heavy atom. The summed E-state index contributed by atoms with van der Waals surface area (Å²) in [4.78, 5) is 0. The van der Waals surface area contributed by atoms with Gasteiger partial charge >= 0.3 is 0 Å². The van der Waals surface area contributed by atoms with E-state index in [2.05, 4.69) is 0 Å². The Labute approximate surface area is 124 Å². The van der Waals surface area contributed by atoms with Crippen LogP contribution in [0.15, 0.2) is 12.1 Å². The molecule has 3 N–H and O–H groups in total. The SMILES string of the molecule is COc1cc([C@H](N)C2CCOCC2)cc(Cl)c1O.Cl. The number of hydrogen-bond donors (Lipinski definition) is 2. The molecule has 0 aromatic heterocycles. The molecule has 0 amide bonds. The van der Waals surface area contributed by atoms with Crippen molar-refractivity contribution in [3.63, 3.8) is 0 Å². The van der Waals surface area contributed by atoms with Crippen LogP contribution in [0, 0.1) is 5.92 Å². The van der Waals surface area contributed by atoms with Gasteiger partial charge in [-0.15, -0.1) is 12.4 Å². The van der Waals surface area contributed by atoms with Crippen molar-refractivity contribution in [1.82, 2.24) is 0 Å². The zero-order valence-corrected chi connectivity index (χ0v) is 12.3. The summed E-state index contributed by atoms with van der Waals surface area (Å²) < 4.78 is 10.4. The predicted octanol–water partition coefficient (Wildman–Crippen LogP) is 2.90. The highest BCUT2D eigenvalue weighted by Gasteiger charge is 2.24. The number of benzene rings is 1. The molecule has 1 saturated heterocycles. The van der Waals surface area contributed by atoms with Crippen LogP contribution in [0.5, 0.6) is 11.5 Å². The zero-order valence-electron chi connectivity index (χ0n) is 10.8. The molecule has 1 heterocycles. The number of phenols is 1. The lowest BCUT2D eigenvalue weighted by atomic mass is 9.87. The number of phenolic OH excluding ortho intramolecular Hbond substituents is 1. The third-order valence-electron chi connectivity index (χ3n) is 3.43. The fourth-order valence-electron chi connectivity index (χ4n) is 2.29. The van der Waals surface area contributed by atoms with Crippen molar-refractivity contribution in [3.8, 4) is 11.5 Å². The molecule has 108 valence electrons. The normalized spacial score (nSPS) is 17.6. The smallest absolute Gasteiger partial charge is 0.176 e. The molecule has 0 bridgehead atoms. The molecule has 0 aliphatic carbocycles. The monoisotopic (exact) mass is 307 g/mol. The molecule has 0 saturated carbocycles. The van der Waals surface area contributed by atoms with Crippen molar-refractivity contribution in [2.24, 2.45) is 11.7 Å². The summed E-state index contributed by atoms with van der Waals surface area (Å²) in [6.07, 6.45) is 1.89. The van der Waals surface area contributed by atoms with Gasteiger partial charge in [0.1, 0.15) is 0 Å². The Morgan fingerprint density at radius 2 is 2.05 bits per heavy atom. The second kappa shape index (κ2) is 7.20. The van der Waals surface area contributed by atoms with Crippen molar-refractivity contribution >= 4 is 24.0 Å². The molecular formula is C13H19Cl2NO3. The van der Waals surface area contributed by atoms with Crippen LogP contribution in [0.3, 0.4) is 0 Å². The Kier molecular flexibility index (Phi) is 6.20. The zero-order chi connectivity index (χ0) is 13.1. The van der Waals surface area contributed by atoms with Crippen LogP contribution < -0.4 is 10.5 Å². The number of rotatable bonds is 3. The molecule has 1 aromatic carbocycles. The first-order valence-electron chi connectivity index (χ1n) is 6.03. The summed E-state index contributed by atoms with van der Waals surface area (Å²) in [5.41, 5.74) is 7.15. The van der Waals surface area contributed by atoms with Crippen molar-refractivity contribution in [3.05, 3.63) is 22.7 Å². The molecule has 2 rings (SSSR count). The maximum Gasteiger partial charge on any atom is 0.176 e. The summed E-state index contributed by atoms with van der Waals surface area (Å²) in [7, 11) is 1.50. The number of hydrogen-bond acceptors (Lipinski definition) is 4. The summed E-state index contributed by atoms with van der Waals surface area (Å²) in [6.45, 7) is 1.50. The van der Waals surface area contributed by atoms with Gasteiger partial charge in [-0.25, -0.2) is 0 Å². The molecule has 6 heteroatoms. The maximum absolute atomic E-state index is 9.70. The topological polar surface area (TPSA) is 64.7 Å². The van der Waals surface area contributed by atoms with E-state index in [1.807, 2.05) is 0 Å². The first kappa shape index (κ1) is 16.4. The van der Waals surface area contributed by atoms with Crippen LogP contribution in [0.2, 0.25) is 5.02 Å². The highest BCUT2D eigenvalue weighted by Crippen LogP contribution is 2.38. The van der Waals surface area contributed by atoms with Crippen LogP contribution in [0.25, 0.3) is 0 Å². The quantitative estimate of drug-likeness (QED) is 0.901. The maximum atomic E-state index is 9.70. The van der Waals surface area contributed by atoms with E-state index in [1.54, 1.807) is 12.1 Å². The minimum Gasteiger partial charge on any atom is -0.503 e. The highest BCUT2D eigenvalue weighted by molar-refractivity contribution is 6.32. The molecule has 0 radical (unpaired) electrons. The minimum atomic E-state index is -0.110. The second-order valence-corrected chi connectivity index (χ2v) is 4.94. The van der Waals surface area contributed by atoms with E-state index in [4.69, 9.17) is 26.8 Å². The number of ether oxygens (including phenoxy) is 2. The van der Waals surface area contributed by atoms with Crippen LogP contribution in [-0.4, -0.2) is 25.4 Å². The Morgan fingerprint density at radius 3 is 2.63 bits per heavy atom. The molecule has 1 atom stereocenters. The third-order valence-corrected chi connectivity index (χ3v) is 3.72. The van der Waals surface area contributed by atoms with Crippen LogP contribution in [0.4, 0.5) is 0 Å². The molecule has 4 nitrogen and oxygen atoms in total. The third kappa shape index (κ3) is 3.66. The first-order chi connectivity index (χ1) is 8.63. The molecule has 0 unspecified atom stereocenters. The van der Waals surface area contributed by atoms with Gasteiger partial charge in [-0.3, -0.25) is 0 Å². The summed E-state index contributed by atoms with van der Waals surface area (Å²) in [5, 5.41) is 9.97. The Hall–Kier alpha value is -0.680. The van der Waals surface area contributed by atoms with Gasteiger partial charge in [-0.1, -0.05) is 11.6 Å². The fourth-order valence-corrected chi connectivity index (χ4v) is 2.51. The van der Waals surface area contributed by atoms with Gasteiger partial charge in [-0.05, 0) is 36.5 Å². The van der Waals surface area contributed by atoms with Crippen LogP contribution in [0.1, 0.15) is 24.4 Å². The Balaban J connectivity index is 0.00000180. The van der Waals surface area contributed by atoms with Gasteiger partial charge in [-0.2, -0.15) is 0 Å². The standard InChI is InChI=1S/C13H18ClNO3.ClH/c1-17-11-7-9(6-10(14)13(11)16)12(15)8-2-4-18-5-3-8;/h6-8,12,16H,2-5,15H2,1H3;1H/t12-;/m1./s1. The number of halogens is 2. The van der Waals surface area contributed by atoms with Gasteiger partial charge in [0.2, 0.25) is 0 Å². The largest absolute Gasteiger partial charge is 0.503 e. The molecule has 1 aromatic rings. The lowest BCUT2D eigenvalue weighted by molar-refractivity contribution is 0.0583. The molecule has 1 fully saturated rings. The van der Waals surface area contributed by atoms with E-state index in [9.17, 15) is 5.11 Å². The first-order valence-corrected chi connectivity index (χ1v) is 6.41. The average molecular weight is 308 g/mol. The van der Waals surface area contributed by atoms with Crippen LogP contribution >= 0.6 is 24.0 Å². The molecule has 19 heavy (non-hydrogen) atoms. The van der Waals surface area contributed by atoms with Gasteiger partial charge in [0.25, 0.3) is 0 Å². The van der Waals surface area contributed by atoms with Crippen molar-refractivity contribution in [2.75, 3.05) is 20.3 Å². The second-order valence-electron chi connectivity index (χ2n) is 4.53. The van der Waals surface area contributed by atoms with E-state index in [1.165, 1.54) is 7.11 Å². The summed E-state index contributed by atoms with van der Waals surface area (Å²) in [6, 6.07) is 3.35. The van der Waals surface area contributed by atoms with Crippen molar-refractivity contribution in [2.45, 2.75) is 18.9 Å². The Bertz CT molecular complexity index is 423. The summed E-state index contributed by atoms with van der Waals surface area (Å²) in [5.74, 6) is 0.700. The van der Waals surface area contributed by atoms with Gasteiger partial charge in [0.15, 0.2) is 11.5 Å². The molecule has 0 spiro atoms. The van der Waals surface area contributed by atoms with Gasteiger partial charge < -0.3 is 20.3 Å². The predicted molar refractivity (Wildman–Crippen MR) is 77.4 cm³/mol. The number of methoxy groups -OCH3 is 1. The number of aromatic hydroxyl groups is 1. The highest BCUT2D eigenvalue weighted by atomic mass is 35.5. The molecular weight excluding hydrogens is 289 g/mol. The van der Waals surface area contributed by atoms with E-state index in [0.717, 1.165) is 31.6 Å². The van der Waals surface area contributed by atoms with E-state index < -0.39 is 0 Å². The van der Waals surface area contributed by atoms with E-state index in [0.29, 0.717) is 11.7 Å². The van der Waals surface area contributed by atoms with Crippen molar-refractivity contribution < 1.29 is 14.6 Å². The van der Waals surface area contributed by atoms with E-state index >= 15 is 0 Å². The van der Waals surface area contributed by atoms with Crippen LogP contribution in [-0.2, 0) is 4.74 Å². The van der Waals surface area contributed by atoms with E-state index in [-0.39, 0.29) is 29.2 Å². The minimum absolute atomic E-state index is 0. The molecule has 1 aliphatic heterocycles. The lowest BCUT2D eigenvalue weighted by Crippen LogP contribution is -2.27.